The molecule has 0 aliphatic carbocycles. The Morgan fingerprint density at radius 1 is 0.920 bits per heavy atom. The summed E-state index contributed by atoms with van der Waals surface area (Å²) in [6.07, 6.45) is 3.19. The first-order chi connectivity index (χ1) is 11.7. The van der Waals surface area contributed by atoms with Gasteiger partial charge in [-0.25, -0.2) is 0 Å². The van der Waals surface area contributed by atoms with Crippen LogP contribution in [0.3, 0.4) is 0 Å². The van der Waals surface area contributed by atoms with Crippen molar-refractivity contribution in [3.8, 4) is 0 Å². The van der Waals surface area contributed by atoms with E-state index in [2.05, 4.69) is 31.4 Å². The van der Waals surface area contributed by atoms with Gasteiger partial charge in [0.25, 0.3) is 5.91 Å². The van der Waals surface area contributed by atoms with Gasteiger partial charge in [-0.3, -0.25) is 9.59 Å². The number of carbonyl (C=O) groups is 3. The van der Waals surface area contributed by atoms with Crippen molar-refractivity contribution in [1.29, 1.82) is 0 Å². The van der Waals surface area contributed by atoms with Crippen molar-refractivity contribution >= 4 is 17.6 Å². The summed E-state index contributed by atoms with van der Waals surface area (Å²) >= 11 is 0. The Bertz CT molecular complexity index is 586. The molecule has 2 amide bonds. The van der Waals surface area contributed by atoms with Crippen LogP contribution in [0.15, 0.2) is 24.3 Å². The van der Waals surface area contributed by atoms with Gasteiger partial charge in [0.05, 0.1) is 6.54 Å². The largest absolute Gasteiger partial charge is 0.355 e. The van der Waals surface area contributed by atoms with Crippen LogP contribution in [0.5, 0.6) is 0 Å². The van der Waals surface area contributed by atoms with E-state index in [-0.39, 0.29) is 29.6 Å². The molecule has 0 aliphatic rings. The second-order valence-electron chi connectivity index (χ2n) is 7.37. The minimum absolute atomic E-state index is 0.0344. The first-order valence-corrected chi connectivity index (χ1v) is 8.85. The van der Waals surface area contributed by atoms with Gasteiger partial charge >= 0.3 is 0 Å². The zero-order valence-electron chi connectivity index (χ0n) is 15.8. The van der Waals surface area contributed by atoms with Gasteiger partial charge in [-0.2, -0.15) is 0 Å². The third-order valence-corrected chi connectivity index (χ3v) is 3.95. The van der Waals surface area contributed by atoms with Gasteiger partial charge in [0.1, 0.15) is 5.78 Å². The standard InChI is InChI=1S/C20H30N2O3/c1-15(23)8-6-5-7-13-21-18(24)14-22-19(25)16-9-11-17(12-10-16)20(2,3)4/h9-12H,5-8,13-14H2,1-4H3,(H,21,24)(H,22,25). The van der Waals surface area contributed by atoms with Crippen LogP contribution < -0.4 is 10.6 Å². The van der Waals surface area contributed by atoms with Gasteiger partial charge in [-0.15, -0.1) is 0 Å². The summed E-state index contributed by atoms with van der Waals surface area (Å²) < 4.78 is 0. The van der Waals surface area contributed by atoms with Crippen LogP contribution in [0.1, 0.15) is 69.3 Å². The number of hydrogen-bond acceptors (Lipinski definition) is 3. The van der Waals surface area contributed by atoms with Crippen molar-refractivity contribution in [2.75, 3.05) is 13.1 Å². The van der Waals surface area contributed by atoms with Crippen molar-refractivity contribution in [3.05, 3.63) is 35.4 Å². The van der Waals surface area contributed by atoms with Crippen LogP contribution in [-0.4, -0.2) is 30.7 Å². The molecule has 0 saturated heterocycles. The topological polar surface area (TPSA) is 75.3 Å². The SMILES string of the molecule is CC(=O)CCCCCNC(=O)CNC(=O)c1ccc(C(C)(C)C)cc1. The van der Waals surface area contributed by atoms with Crippen molar-refractivity contribution in [2.24, 2.45) is 0 Å². The quantitative estimate of drug-likeness (QED) is 0.675. The van der Waals surface area contributed by atoms with Crippen molar-refractivity contribution in [3.63, 3.8) is 0 Å². The van der Waals surface area contributed by atoms with E-state index in [0.717, 1.165) is 24.8 Å². The molecular weight excluding hydrogens is 316 g/mol. The van der Waals surface area contributed by atoms with E-state index in [1.807, 2.05) is 12.1 Å². The Hall–Kier alpha value is -2.17. The number of carbonyl (C=O) groups excluding carboxylic acids is 3. The van der Waals surface area contributed by atoms with E-state index >= 15 is 0 Å². The Morgan fingerprint density at radius 3 is 2.12 bits per heavy atom. The molecule has 138 valence electrons. The normalized spacial score (nSPS) is 11.0. The summed E-state index contributed by atoms with van der Waals surface area (Å²) in [6, 6.07) is 7.44. The van der Waals surface area contributed by atoms with Crippen molar-refractivity contribution < 1.29 is 14.4 Å². The van der Waals surface area contributed by atoms with Crippen LogP contribution in [0.4, 0.5) is 0 Å². The first-order valence-electron chi connectivity index (χ1n) is 8.85. The highest BCUT2D eigenvalue weighted by molar-refractivity contribution is 5.96. The highest BCUT2D eigenvalue weighted by atomic mass is 16.2. The van der Waals surface area contributed by atoms with Gasteiger partial charge in [0, 0.05) is 18.5 Å². The molecule has 0 atom stereocenters. The molecule has 5 heteroatoms. The molecule has 0 aromatic heterocycles. The van der Waals surface area contributed by atoms with Gasteiger partial charge in [0.15, 0.2) is 0 Å². The van der Waals surface area contributed by atoms with Gasteiger partial charge in [-0.05, 0) is 42.9 Å². The average Bonchev–Trinajstić information content (AvgIpc) is 2.54. The molecule has 1 rings (SSSR count). The first kappa shape index (κ1) is 20.9. The van der Waals surface area contributed by atoms with Crippen LogP contribution in [-0.2, 0) is 15.0 Å². The third kappa shape index (κ3) is 8.47. The van der Waals surface area contributed by atoms with E-state index in [4.69, 9.17) is 0 Å². The third-order valence-electron chi connectivity index (χ3n) is 3.95. The molecule has 0 aliphatic heterocycles. The Kier molecular flexibility index (Phi) is 8.32. The Morgan fingerprint density at radius 2 is 1.56 bits per heavy atom. The zero-order chi connectivity index (χ0) is 18.9. The fourth-order valence-corrected chi connectivity index (χ4v) is 2.35. The van der Waals surface area contributed by atoms with E-state index in [0.29, 0.717) is 18.5 Å². The Labute approximate surface area is 150 Å². The molecule has 0 spiro atoms. The summed E-state index contributed by atoms with van der Waals surface area (Å²) in [7, 11) is 0. The number of Topliss-reactive ketones (excluding diaryl/α,β-unsaturated/α-hetero) is 1. The molecule has 25 heavy (non-hydrogen) atoms. The fraction of sp³-hybridized carbons (Fsp3) is 0.550. The number of nitrogens with one attached hydrogen (secondary N) is 2. The summed E-state index contributed by atoms with van der Waals surface area (Å²) in [5.41, 5.74) is 1.75. The maximum atomic E-state index is 12.1. The molecule has 0 fully saturated rings. The van der Waals surface area contributed by atoms with E-state index in [1.54, 1.807) is 19.1 Å². The highest BCUT2D eigenvalue weighted by Crippen LogP contribution is 2.22. The minimum atomic E-state index is -0.253. The summed E-state index contributed by atoms with van der Waals surface area (Å²) in [6.45, 7) is 8.47. The number of hydrogen-bond donors (Lipinski definition) is 2. The predicted molar refractivity (Wildman–Crippen MR) is 99.6 cm³/mol. The van der Waals surface area contributed by atoms with Crippen LogP contribution >= 0.6 is 0 Å². The second-order valence-corrected chi connectivity index (χ2v) is 7.37. The number of benzene rings is 1. The van der Waals surface area contributed by atoms with Crippen LogP contribution in [0.25, 0.3) is 0 Å². The van der Waals surface area contributed by atoms with E-state index in [1.165, 1.54) is 0 Å². The number of amides is 2. The highest BCUT2D eigenvalue weighted by Gasteiger charge is 2.14. The van der Waals surface area contributed by atoms with E-state index in [9.17, 15) is 14.4 Å². The molecule has 0 bridgehead atoms. The lowest BCUT2D eigenvalue weighted by Crippen LogP contribution is -2.37. The number of unbranched alkanes of at least 4 members (excludes halogenated alkanes) is 2. The summed E-state index contributed by atoms with van der Waals surface area (Å²) in [4.78, 5) is 34.6. The fourth-order valence-electron chi connectivity index (χ4n) is 2.35. The monoisotopic (exact) mass is 346 g/mol. The molecule has 1 aromatic carbocycles. The molecule has 0 radical (unpaired) electrons. The summed E-state index contributed by atoms with van der Waals surface area (Å²) in [5, 5.41) is 5.40. The second kappa shape index (κ2) is 9.97. The van der Waals surface area contributed by atoms with Gasteiger partial charge < -0.3 is 15.4 Å². The van der Waals surface area contributed by atoms with Gasteiger partial charge in [0.2, 0.25) is 5.91 Å². The maximum absolute atomic E-state index is 12.1. The smallest absolute Gasteiger partial charge is 0.251 e. The maximum Gasteiger partial charge on any atom is 0.251 e. The lowest BCUT2D eigenvalue weighted by Gasteiger charge is -2.19. The van der Waals surface area contributed by atoms with Crippen LogP contribution in [0, 0.1) is 0 Å². The predicted octanol–water partition coefficient (Wildman–Crippen LogP) is 2.98. The minimum Gasteiger partial charge on any atom is -0.355 e. The molecular formula is C20H30N2O3. The lowest BCUT2D eigenvalue weighted by molar-refractivity contribution is -0.120. The molecule has 0 heterocycles. The van der Waals surface area contributed by atoms with Crippen molar-refractivity contribution in [2.45, 2.75) is 58.8 Å². The molecule has 5 nitrogen and oxygen atoms in total. The average molecular weight is 346 g/mol. The summed E-state index contributed by atoms with van der Waals surface area (Å²) in [5.74, 6) is -0.259. The van der Waals surface area contributed by atoms with Crippen molar-refractivity contribution in [1.82, 2.24) is 10.6 Å². The molecule has 0 saturated carbocycles. The Balaban J connectivity index is 2.27. The van der Waals surface area contributed by atoms with E-state index < -0.39 is 0 Å². The van der Waals surface area contributed by atoms with Gasteiger partial charge in [-0.1, -0.05) is 39.3 Å². The zero-order valence-corrected chi connectivity index (χ0v) is 15.8. The number of ketones is 1. The van der Waals surface area contributed by atoms with Crippen LogP contribution in [0.2, 0.25) is 0 Å². The molecule has 2 N–H and O–H groups in total. The molecule has 0 unspecified atom stereocenters. The molecule has 1 aromatic rings. The number of rotatable bonds is 9. The lowest BCUT2D eigenvalue weighted by atomic mass is 9.87.